The molecule has 2 aliphatic carbocycles. The number of fused-ring (bicyclic) bond motifs is 2. The summed E-state index contributed by atoms with van der Waals surface area (Å²) in [6.45, 7) is 6.50. The summed E-state index contributed by atoms with van der Waals surface area (Å²) >= 11 is 0. The number of aliphatic hydroxyl groups is 1. The molecule has 2 saturated heterocycles. The molecule has 3 N–H and O–H groups in total. The molecule has 0 radical (unpaired) electrons. The fraction of sp³-hybridized carbons (Fsp3) is 0.947. The van der Waals surface area contributed by atoms with Crippen molar-refractivity contribution in [3.8, 4) is 0 Å². The first-order chi connectivity index (χ1) is 11.9. The summed E-state index contributed by atoms with van der Waals surface area (Å²) in [5.41, 5.74) is -0.970. The third kappa shape index (κ3) is 2.68. The zero-order valence-electron chi connectivity index (χ0n) is 15.5. The molecule has 4 rings (SSSR count). The van der Waals surface area contributed by atoms with Crippen LogP contribution in [0.15, 0.2) is 0 Å². The highest BCUT2D eigenvalue weighted by molar-refractivity contribution is 5.74. The lowest BCUT2D eigenvalue weighted by atomic mass is 9.46. The van der Waals surface area contributed by atoms with E-state index in [1.807, 2.05) is 13.8 Å². The van der Waals surface area contributed by atoms with Crippen LogP contribution in [0.2, 0.25) is 0 Å². The van der Waals surface area contributed by atoms with Crippen LogP contribution in [0.25, 0.3) is 0 Å². The molecule has 4 fully saturated rings. The molecule has 1 spiro atoms. The zero-order valence-corrected chi connectivity index (χ0v) is 15.5. The highest BCUT2D eigenvalue weighted by Gasteiger charge is 2.67. The number of urea groups is 1. The second-order valence-electron chi connectivity index (χ2n) is 9.16. The van der Waals surface area contributed by atoms with Crippen LogP contribution >= 0.6 is 0 Å². The van der Waals surface area contributed by atoms with Gasteiger partial charge < -0.3 is 25.2 Å². The Morgan fingerprint density at radius 1 is 1.20 bits per heavy atom. The van der Waals surface area contributed by atoms with Crippen molar-refractivity contribution in [3.63, 3.8) is 0 Å². The minimum Gasteiger partial charge on any atom is -0.389 e. The highest BCUT2D eigenvalue weighted by Crippen LogP contribution is 2.62. The Kier molecular flexibility index (Phi) is 4.28. The highest BCUT2D eigenvalue weighted by atomic mass is 16.5. The van der Waals surface area contributed by atoms with Crippen molar-refractivity contribution in [1.29, 1.82) is 0 Å². The van der Waals surface area contributed by atoms with Crippen LogP contribution in [0.1, 0.15) is 52.4 Å². The van der Waals surface area contributed by atoms with E-state index >= 15 is 0 Å². The van der Waals surface area contributed by atoms with Crippen molar-refractivity contribution >= 4 is 6.03 Å². The molecule has 0 bridgehead atoms. The summed E-state index contributed by atoms with van der Waals surface area (Å²) in [6.07, 6.45) is 6.25. The lowest BCUT2D eigenvalue weighted by molar-refractivity contribution is -0.172. The first kappa shape index (κ1) is 17.6. The van der Waals surface area contributed by atoms with Gasteiger partial charge in [0, 0.05) is 62.0 Å². The second kappa shape index (κ2) is 6.10. The Morgan fingerprint density at radius 2 is 1.92 bits per heavy atom. The Labute approximate surface area is 150 Å². The fourth-order valence-electron chi connectivity index (χ4n) is 5.50. The van der Waals surface area contributed by atoms with Gasteiger partial charge in [-0.1, -0.05) is 20.3 Å². The van der Waals surface area contributed by atoms with Gasteiger partial charge in [0.05, 0.1) is 11.7 Å². The maximum atomic E-state index is 12.5. The summed E-state index contributed by atoms with van der Waals surface area (Å²) in [5.74, 6) is 0.485. The molecular weight excluding hydrogens is 320 g/mol. The van der Waals surface area contributed by atoms with Gasteiger partial charge in [0.2, 0.25) is 0 Å². The van der Waals surface area contributed by atoms with E-state index in [4.69, 9.17) is 9.47 Å². The van der Waals surface area contributed by atoms with Gasteiger partial charge in [0.25, 0.3) is 0 Å². The van der Waals surface area contributed by atoms with Gasteiger partial charge in [-0.25, -0.2) is 4.79 Å². The topological polar surface area (TPSA) is 79.8 Å². The van der Waals surface area contributed by atoms with Crippen molar-refractivity contribution in [2.75, 3.05) is 26.4 Å². The number of hydrogen-bond donors (Lipinski definition) is 3. The van der Waals surface area contributed by atoms with E-state index in [0.29, 0.717) is 44.6 Å². The first-order valence-electron chi connectivity index (χ1n) is 9.84. The predicted molar refractivity (Wildman–Crippen MR) is 93.2 cm³/mol. The van der Waals surface area contributed by atoms with E-state index in [2.05, 4.69) is 10.6 Å². The van der Waals surface area contributed by atoms with E-state index in [9.17, 15) is 9.90 Å². The van der Waals surface area contributed by atoms with Crippen LogP contribution in [0.4, 0.5) is 4.79 Å². The fourth-order valence-corrected chi connectivity index (χ4v) is 5.50. The monoisotopic (exact) mass is 352 g/mol. The second-order valence-corrected chi connectivity index (χ2v) is 9.16. The molecule has 142 valence electrons. The third-order valence-electron chi connectivity index (χ3n) is 7.59. The smallest absolute Gasteiger partial charge is 0.315 e. The van der Waals surface area contributed by atoms with Crippen LogP contribution in [-0.2, 0) is 9.47 Å². The van der Waals surface area contributed by atoms with E-state index in [1.165, 1.54) is 19.3 Å². The van der Waals surface area contributed by atoms with Gasteiger partial charge in [-0.3, -0.25) is 0 Å². The number of carbonyl (C=O) groups excluding carboxylic acids is 1. The van der Waals surface area contributed by atoms with Gasteiger partial charge in [-0.05, 0) is 19.3 Å². The van der Waals surface area contributed by atoms with Crippen LogP contribution in [0.5, 0.6) is 0 Å². The SMILES string of the molecule is CC(C)(CNC(=O)NC1C2CCOC2C12CCC2)C1(O)CCOCC1. The Balaban J connectivity index is 1.32. The molecule has 3 atom stereocenters. The minimum absolute atomic E-state index is 0.106. The van der Waals surface area contributed by atoms with Crippen molar-refractivity contribution in [3.05, 3.63) is 0 Å². The Hall–Kier alpha value is -0.850. The molecule has 6 heteroatoms. The molecule has 2 saturated carbocycles. The van der Waals surface area contributed by atoms with Crippen LogP contribution in [0, 0.1) is 16.7 Å². The molecular formula is C19H32N2O4. The molecule has 2 aliphatic heterocycles. The number of amides is 2. The summed E-state index contributed by atoms with van der Waals surface area (Å²) in [7, 11) is 0. The molecule has 2 heterocycles. The third-order valence-corrected chi connectivity index (χ3v) is 7.59. The standard InChI is InChI=1S/C19H32N2O4/c1-17(2,19(23)7-10-24-11-8-19)12-20-16(22)21-14-13-4-9-25-15(13)18(14)5-3-6-18/h13-15,23H,3-12H2,1-2H3,(H2,20,21,22). The maximum Gasteiger partial charge on any atom is 0.315 e. The average Bonchev–Trinajstić information content (AvgIpc) is 2.95. The zero-order chi connectivity index (χ0) is 17.7. The van der Waals surface area contributed by atoms with Crippen LogP contribution in [0.3, 0.4) is 0 Å². The van der Waals surface area contributed by atoms with E-state index in [-0.39, 0.29) is 22.9 Å². The van der Waals surface area contributed by atoms with Gasteiger partial charge in [0.1, 0.15) is 0 Å². The average molecular weight is 352 g/mol. The molecule has 2 amide bonds. The largest absolute Gasteiger partial charge is 0.389 e. The van der Waals surface area contributed by atoms with Crippen molar-refractivity contribution in [1.82, 2.24) is 10.6 Å². The van der Waals surface area contributed by atoms with Gasteiger partial charge in [-0.2, -0.15) is 0 Å². The predicted octanol–water partition coefficient (Wildman–Crippen LogP) is 1.81. The number of ether oxygens (including phenoxy) is 2. The molecule has 4 aliphatic rings. The van der Waals surface area contributed by atoms with Crippen LogP contribution < -0.4 is 10.6 Å². The normalized spacial score (nSPS) is 35.4. The summed E-state index contributed by atoms with van der Waals surface area (Å²) in [4.78, 5) is 12.5. The molecule has 0 aromatic heterocycles. The first-order valence-corrected chi connectivity index (χ1v) is 9.84. The molecule has 0 aromatic carbocycles. The quantitative estimate of drug-likeness (QED) is 0.721. The van der Waals surface area contributed by atoms with E-state index < -0.39 is 5.60 Å². The van der Waals surface area contributed by atoms with E-state index in [0.717, 1.165) is 13.0 Å². The lowest BCUT2D eigenvalue weighted by Crippen LogP contribution is -2.72. The summed E-state index contributed by atoms with van der Waals surface area (Å²) in [5, 5.41) is 17.2. The van der Waals surface area contributed by atoms with Crippen molar-refractivity contribution in [2.24, 2.45) is 16.7 Å². The lowest BCUT2D eigenvalue weighted by Gasteiger charge is -2.63. The Morgan fingerprint density at radius 3 is 2.56 bits per heavy atom. The minimum atomic E-state index is -0.783. The van der Waals surface area contributed by atoms with Crippen molar-refractivity contribution in [2.45, 2.75) is 70.1 Å². The molecule has 0 aromatic rings. The van der Waals surface area contributed by atoms with E-state index in [1.54, 1.807) is 0 Å². The molecule has 6 nitrogen and oxygen atoms in total. The summed E-state index contributed by atoms with van der Waals surface area (Å²) < 4.78 is 11.3. The molecule has 25 heavy (non-hydrogen) atoms. The number of hydrogen-bond acceptors (Lipinski definition) is 4. The van der Waals surface area contributed by atoms with Gasteiger partial charge in [-0.15, -0.1) is 0 Å². The maximum absolute atomic E-state index is 12.5. The summed E-state index contributed by atoms with van der Waals surface area (Å²) in [6, 6.07) is 0.147. The van der Waals surface area contributed by atoms with Gasteiger partial charge >= 0.3 is 6.03 Å². The Bertz CT molecular complexity index is 526. The van der Waals surface area contributed by atoms with Crippen molar-refractivity contribution < 1.29 is 19.4 Å². The molecule has 3 unspecified atom stereocenters. The van der Waals surface area contributed by atoms with Crippen LogP contribution in [-0.4, -0.2) is 55.2 Å². The number of rotatable bonds is 4. The van der Waals surface area contributed by atoms with Gasteiger partial charge in [0.15, 0.2) is 0 Å². The number of carbonyl (C=O) groups is 1. The number of nitrogens with one attached hydrogen (secondary N) is 2.